The molecule has 2 unspecified atom stereocenters. The normalized spacial score (nSPS) is 27.6. The molecule has 3 nitrogen and oxygen atoms in total. The molecule has 0 saturated carbocycles. The quantitative estimate of drug-likeness (QED) is 0.794. The second-order valence-electron chi connectivity index (χ2n) is 5.80. The molecule has 2 saturated heterocycles. The van der Waals surface area contributed by atoms with E-state index in [2.05, 4.69) is 35.9 Å². The molecular formula is C15H22N2O. The summed E-state index contributed by atoms with van der Waals surface area (Å²) < 4.78 is 5.35. The predicted octanol–water partition coefficient (Wildman–Crippen LogP) is 2.00. The van der Waals surface area contributed by atoms with Gasteiger partial charge in [0.2, 0.25) is 0 Å². The smallest absolute Gasteiger partial charge is 0.120 e. The molecule has 3 heteroatoms. The van der Waals surface area contributed by atoms with Crippen molar-refractivity contribution in [1.82, 2.24) is 4.90 Å². The third-order valence-electron chi connectivity index (χ3n) is 4.43. The molecule has 0 radical (unpaired) electrons. The molecule has 0 aliphatic carbocycles. The Morgan fingerprint density at radius 1 is 1.11 bits per heavy atom. The summed E-state index contributed by atoms with van der Waals surface area (Å²) in [6, 6.07) is 6.39. The third kappa shape index (κ3) is 1.97. The first-order valence-corrected chi connectivity index (χ1v) is 6.75. The number of fused-ring (bicyclic) bond motifs is 1. The second-order valence-corrected chi connectivity index (χ2v) is 5.80. The van der Waals surface area contributed by atoms with Gasteiger partial charge >= 0.3 is 0 Å². The van der Waals surface area contributed by atoms with Gasteiger partial charge in [-0.2, -0.15) is 0 Å². The van der Waals surface area contributed by atoms with Gasteiger partial charge in [0.25, 0.3) is 0 Å². The highest BCUT2D eigenvalue weighted by atomic mass is 16.5. The fraction of sp³-hybridized carbons (Fsp3) is 0.600. The molecule has 0 bridgehead atoms. The van der Waals surface area contributed by atoms with Crippen molar-refractivity contribution in [2.24, 2.45) is 11.8 Å². The lowest BCUT2D eigenvalue weighted by Gasteiger charge is -2.23. The van der Waals surface area contributed by atoms with Gasteiger partial charge in [-0.1, -0.05) is 6.07 Å². The highest BCUT2D eigenvalue weighted by molar-refractivity contribution is 5.57. The summed E-state index contributed by atoms with van der Waals surface area (Å²) in [4.78, 5) is 5.01. The van der Waals surface area contributed by atoms with Crippen LogP contribution in [-0.2, 0) is 0 Å². The lowest BCUT2D eigenvalue weighted by molar-refractivity contribution is 0.387. The first-order valence-electron chi connectivity index (χ1n) is 6.75. The molecule has 0 spiro atoms. The number of ether oxygens (including phenoxy) is 1. The van der Waals surface area contributed by atoms with E-state index in [-0.39, 0.29) is 0 Å². The molecule has 98 valence electrons. The van der Waals surface area contributed by atoms with Gasteiger partial charge in [0.15, 0.2) is 0 Å². The van der Waals surface area contributed by atoms with Crippen LogP contribution in [0.2, 0.25) is 0 Å². The third-order valence-corrected chi connectivity index (χ3v) is 4.43. The molecule has 0 aromatic heterocycles. The zero-order valence-corrected chi connectivity index (χ0v) is 11.5. The van der Waals surface area contributed by atoms with E-state index in [1.165, 1.54) is 37.4 Å². The van der Waals surface area contributed by atoms with E-state index in [0.29, 0.717) is 0 Å². The number of hydrogen-bond donors (Lipinski definition) is 0. The number of hydrogen-bond acceptors (Lipinski definition) is 3. The largest absolute Gasteiger partial charge is 0.497 e. The first kappa shape index (κ1) is 11.8. The molecule has 18 heavy (non-hydrogen) atoms. The Hall–Kier alpha value is -1.22. The molecule has 2 aliphatic rings. The number of rotatable bonds is 2. The highest BCUT2D eigenvalue weighted by Gasteiger charge is 2.38. The minimum Gasteiger partial charge on any atom is -0.497 e. The van der Waals surface area contributed by atoms with Crippen molar-refractivity contribution in [3.63, 3.8) is 0 Å². The van der Waals surface area contributed by atoms with Crippen LogP contribution in [-0.4, -0.2) is 45.2 Å². The average molecular weight is 246 g/mol. The Morgan fingerprint density at radius 2 is 1.78 bits per heavy atom. The van der Waals surface area contributed by atoms with Gasteiger partial charge < -0.3 is 14.5 Å². The number of methoxy groups -OCH3 is 1. The first-order chi connectivity index (χ1) is 8.67. The maximum atomic E-state index is 5.35. The van der Waals surface area contributed by atoms with Crippen LogP contribution in [0.25, 0.3) is 0 Å². The second kappa shape index (κ2) is 4.47. The summed E-state index contributed by atoms with van der Waals surface area (Å²) in [5, 5.41) is 0. The topological polar surface area (TPSA) is 15.7 Å². The molecule has 1 aromatic carbocycles. The summed E-state index contributed by atoms with van der Waals surface area (Å²) in [6.07, 6.45) is 0. The molecule has 1 aromatic rings. The van der Waals surface area contributed by atoms with Gasteiger partial charge in [0.05, 0.1) is 7.11 Å². The maximum absolute atomic E-state index is 5.35. The van der Waals surface area contributed by atoms with Crippen LogP contribution < -0.4 is 9.64 Å². The molecule has 2 aliphatic heterocycles. The van der Waals surface area contributed by atoms with Gasteiger partial charge in [-0.05, 0) is 37.4 Å². The van der Waals surface area contributed by atoms with Crippen LogP contribution in [0.3, 0.4) is 0 Å². The standard InChI is InChI=1S/C15H22N2O/c1-11-4-5-14(18-3)6-15(11)17-9-12-7-16(2)8-13(12)10-17/h4-6,12-13H,7-10H2,1-3H3. The number of nitrogens with zero attached hydrogens (tertiary/aromatic N) is 2. The Kier molecular flexibility index (Phi) is 2.94. The van der Waals surface area contributed by atoms with E-state index >= 15 is 0 Å². The Balaban J connectivity index is 1.81. The minimum atomic E-state index is 0.848. The van der Waals surface area contributed by atoms with Gasteiger partial charge in [0.1, 0.15) is 5.75 Å². The van der Waals surface area contributed by atoms with E-state index in [0.717, 1.165) is 17.6 Å². The molecule has 0 N–H and O–H groups in total. The highest BCUT2D eigenvalue weighted by Crippen LogP contribution is 2.35. The number of likely N-dealkylation sites (tertiary alicyclic amines) is 1. The predicted molar refractivity (Wildman–Crippen MR) is 74.4 cm³/mol. The lowest BCUT2D eigenvalue weighted by Crippen LogP contribution is -2.27. The summed E-state index contributed by atoms with van der Waals surface area (Å²) >= 11 is 0. The molecule has 2 heterocycles. The number of anilines is 1. The Labute approximate surface area is 109 Å². The summed E-state index contributed by atoms with van der Waals surface area (Å²) in [5.74, 6) is 2.66. The van der Waals surface area contributed by atoms with Crippen LogP contribution in [0.1, 0.15) is 5.56 Å². The minimum absolute atomic E-state index is 0.848. The summed E-state index contributed by atoms with van der Waals surface area (Å²) in [7, 11) is 3.97. The van der Waals surface area contributed by atoms with Crippen LogP contribution in [0.15, 0.2) is 18.2 Å². The maximum Gasteiger partial charge on any atom is 0.120 e. The van der Waals surface area contributed by atoms with E-state index in [9.17, 15) is 0 Å². The fourth-order valence-electron chi connectivity index (χ4n) is 3.48. The van der Waals surface area contributed by atoms with Gasteiger partial charge in [0, 0.05) is 37.9 Å². The number of aryl methyl sites for hydroxylation is 1. The molecule has 0 amide bonds. The monoisotopic (exact) mass is 246 g/mol. The average Bonchev–Trinajstić information content (AvgIpc) is 2.86. The Bertz CT molecular complexity index is 432. The van der Waals surface area contributed by atoms with Crippen molar-refractivity contribution < 1.29 is 4.74 Å². The molecule has 2 atom stereocenters. The van der Waals surface area contributed by atoms with Crippen molar-refractivity contribution >= 4 is 5.69 Å². The van der Waals surface area contributed by atoms with Crippen LogP contribution >= 0.6 is 0 Å². The van der Waals surface area contributed by atoms with Crippen molar-refractivity contribution in [3.05, 3.63) is 23.8 Å². The van der Waals surface area contributed by atoms with Crippen LogP contribution in [0, 0.1) is 18.8 Å². The van der Waals surface area contributed by atoms with E-state index in [1.54, 1.807) is 7.11 Å². The van der Waals surface area contributed by atoms with E-state index < -0.39 is 0 Å². The molecule has 3 rings (SSSR count). The van der Waals surface area contributed by atoms with E-state index in [1.807, 2.05) is 6.07 Å². The van der Waals surface area contributed by atoms with Crippen LogP contribution in [0.5, 0.6) is 5.75 Å². The van der Waals surface area contributed by atoms with Crippen molar-refractivity contribution in [2.75, 3.05) is 45.2 Å². The SMILES string of the molecule is COc1ccc(C)c(N2CC3CN(C)CC3C2)c1. The zero-order chi connectivity index (χ0) is 12.7. The molecular weight excluding hydrogens is 224 g/mol. The fourth-order valence-corrected chi connectivity index (χ4v) is 3.48. The van der Waals surface area contributed by atoms with Gasteiger partial charge in [-0.25, -0.2) is 0 Å². The number of benzene rings is 1. The lowest BCUT2D eigenvalue weighted by atomic mass is 10.0. The van der Waals surface area contributed by atoms with Crippen molar-refractivity contribution in [3.8, 4) is 5.75 Å². The van der Waals surface area contributed by atoms with Crippen LogP contribution in [0.4, 0.5) is 5.69 Å². The Morgan fingerprint density at radius 3 is 2.39 bits per heavy atom. The zero-order valence-electron chi connectivity index (χ0n) is 11.5. The van der Waals surface area contributed by atoms with Gasteiger partial charge in [-0.3, -0.25) is 0 Å². The van der Waals surface area contributed by atoms with E-state index in [4.69, 9.17) is 4.74 Å². The summed E-state index contributed by atoms with van der Waals surface area (Å²) in [5.41, 5.74) is 2.70. The summed E-state index contributed by atoms with van der Waals surface area (Å²) in [6.45, 7) is 7.09. The van der Waals surface area contributed by atoms with Crippen molar-refractivity contribution in [2.45, 2.75) is 6.92 Å². The van der Waals surface area contributed by atoms with Crippen molar-refractivity contribution in [1.29, 1.82) is 0 Å². The van der Waals surface area contributed by atoms with Gasteiger partial charge in [-0.15, -0.1) is 0 Å². The molecule has 2 fully saturated rings.